The van der Waals surface area contributed by atoms with Gasteiger partial charge in [0.1, 0.15) is 0 Å². The van der Waals surface area contributed by atoms with Crippen molar-refractivity contribution in [2.24, 2.45) is 11.1 Å². The topological polar surface area (TPSA) is 84.6 Å². The lowest BCUT2D eigenvalue weighted by molar-refractivity contribution is -0.126. The van der Waals surface area contributed by atoms with Crippen LogP contribution in [0.1, 0.15) is 19.3 Å². The molecule has 5 nitrogen and oxygen atoms in total. The second-order valence-corrected chi connectivity index (χ2v) is 3.93. The molecular formula is C10H20N2O3. The van der Waals surface area contributed by atoms with E-state index in [1.807, 2.05) is 0 Å². The van der Waals surface area contributed by atoms with Crippen LogP contribution in [-0.4, -0.2) is 43.9 Å². The van der Waals surface area contributed by atoms with Crippen molar-refractivity contribution >= 4 is 5.91 Å². The summed E-state index contributed by atoms with van der Waals surface area (Å²) in [4.78, 5) is 11.6. The molecule has 0 heterocycles. The summed E-state index contributed by atoms with van der Waals surface area (Å²) in [5, 5.41) is 11.3. The number of ether oxygens (including phenoxy) is 1. The van der Waals surface area contributed by atoms with Crippen LogP contribution in [-0.2, 0) is 9.53 Å². The Morgan fingerprint density at radius 1 is 1.47 bits per heavy atom. The molecule has 0 aromatic rings. The molecule has 0 spiro atoms. The monoisotopic (exact) mass is 216 g/mol. The second kappa shape index (κ2) is 6.05. The number of amides is 1. The van der Waals surface area contributed by atoms with E-state index < -0.39 is 0 Å². The van der Waals surface area contributed by atoms with Crippen molar-refractivity contribution in [2.75, 3.05) is 32.9 Å². The smallest absolute Gasteiger partial charge is 0.227 e. The van der Waals surface area contributed by atoms with Crippen LogP contribution >= 0.6 is 0 Å². The number of nitrogens with one attached hydrogen (secondary N) is 1. The molecule has 0 radical (unpaired) electrons. The largest absolute Gasteiger partial charge is 0.394 e. The molecule has 1 amide bonds. The summed E-state index contributed by atoms with van der Waals surface area (Å²) in [7, 11) is 0. The zero-order valence-electron chi connectivity index (χ0n) is 9.00. The number of aliphatic hydroxyl groups excluding tert-OH is 1. The Kier molecular flexibility index (Phi) is 5.01. The summed E-state index contributed by atoms with van der Waals surface area (Å²) in [6.45, 7) is 2.03. The number of carbonyl (C=O) groups excluding carboxylic acids is 1. The molecule has 0 aromatic carbocycles. The molecule has 0 aliphatic heterocycles. The molecule has 0 aromatic heterocycles. The maximum absolute atomic E-state index is 11.6. The van der Waals surface area contributed by atoms with E-state index in [1.165, 1.54) is 0 Å². The Balaban J connectivity index is 1.98. The van der Waals surface area contributed by atoms with Crippen molar-refractivity contribution < 1.29 is 14.6 Å². The molecule has 0 bridgehead atoms. The summed E-state index contributed by atoms with van der Waals surface area (Å²) < 4.78 is 5.07. The molecule has 15 heavy (non-hydrogen) atoms. The van der Waals surface area contributed by atoms with E-state index in [2.05, 4.69) is 5.32 Å². The van der Waals surface area contributed by atoms with Gasteiger partial charge in [-0.2, -0.15) is 0 Å². The van der Waals surface area contributed by atoms with Crippen molar-refractivity contribution in [1.82, 2.24) is 5.32 Å². The first kappa shape index (κ1) is 12.4. The zero-order chi connectivity index (χ0) is 11.1. The van der Waals surface area contributed by atoms with Crippen molar-refractivity contribution in [1.29, 1.82) is 0 Å². The minimum atomic E-state index is -0.258. The summed E-state index contributed by atoms with van der Waals surface area (Å²) >= 11 is 0. The molecule has 0 atom stereocenters. The van der Waals surface area contributed by atoms with Crippen molar-refractivity contribution in [3.8, 4) is 0 Å². The zero-order valence-corrected chi connectivity index (χ0v) is 9.00. The highest BCUT2D eigenvalue weighted by Gasteiger charge is 2.48. The maximum atomic E-state index is 11.6. The third kappa shape index (κ3) is 3.77. The van der Waals surface area contributed by atoms with Gasteiger partial charge in [0.15, 0.2) is 0 Å². The lowest BCUT2D eigenvalue weighted by Gasteiger charge is -2.12. The van der Waals surface area contributed by atoms with Gasteiger partial charge in [-0.15, -0.1) is 0 Å². The molecular weight excluding hydrogens is 196 g/mol. The van der Waals surface area contributed by atoms with E-state index >= 15 is 0 Å². The third-order valence-corrected chi connectivity index (χ3v) is 2.71. The first-order valence-corrected chi connectivity index (χ1v) is 5.42. The lowest BCUT2D eigenvalue weighted by atomic mass is 10.1. The number of nitrogens with two attached hydrogens (primary N) is 1. The van der Waals surface area contributed by atoms with E-state index in [9.17, 15) is 4.79 Å². The van der Waals surface area contributed by atoms with Crippen LogP contribution in [0.15, 0.2) is 0 Å². The minimum Gasteiger partial charge on any atom is -0.394 e. The van der Waals surface area contributed by atoms with E-state index in [0.717, 1.165) is 19.3 Å². The highest BCUT2D eigenvalue weighted by atomic mass is 16.5. The van der Waals surface area contributed by atoms with E-state index in [1.54, 1.807) is 0 Å². The van der Waals surface area contributed by atoms with Gasteiger partial charge >= 0.3 is 0 Å². The molecule has 88 valence electrons. The van der Waals surface area contributed by atoms with Crippen LogP contribution in [0, 0.1) is 5.41 Å². The van der Waals surface area contributed by atoms with Gasteiger partial charge in [0.25, 0.3) is 0 Å². The van der Waals surface area contributed by atoms with Crippen LogP contribution in [0.4, 0.5) is 0 Å². The van der Waals surface area contributed by atoms with Crippen LogP contribution < -0.4 is 11.1 Å². The molecule has 1 fully saturated rings. The molecule has 0 unspecified atom stereocenters. The molecule has 0 saturated heterocycles. The van der Waals surface area contributed by atoms with Gasteiger partial charge in [0.05, 0.1) is 18.6 Å². The first-order chi connectivity index (χ1) is 7.25. The van der Waals surface area contributed by atoms with Gasteiger partial charge in [0, 0.05) is 19.7 Å². The van der Waals surface area contributed by atoms with Crippen LogP contribution in [0.5, 0.6) is 0 Å². The minimum absolute atomic E-state index is 0.0443. The van der Waals surface area contributed by atoms with Gasteiger partial charge in [-0.3, -0.25) is 4.79 Å². The lowest BCUT2D eigenvalue weighted by Crippen LogP contribution is -2.37. The Morgan fingerprint density at radius 2 is 2.20 bits per heavy atom. The molecule has 1 aliphatic rings. The van der Waals surface area contributed by atoms with Gasteiger partial charge in [-0.1, -0.05) is 0 Å². The maximum Gasteiger partial charge on any atom is 0.227 e. The molecule has 5 heteroatoms. The predicted octanol–water partition coefficient (Wildman–Crippen LogP) is -0.759. The molecule has 4 N–H and O–H groups in total. The third-order valence-electron chi connectivity index (χ3n) is 2.71. The Hall–Kier alpha value is -0.650. The Bertz CT molecular complexity index is 205. The van der Waals surface area contributed by atoms with Crippen molar-refractivity contribution in [3.05, 3.63) is 0 Å². The van der Waals surface area contributed by atoms with E-state index in [-0.39, 0.29) is 17.9 Å². The molecule has 1 aliphatic carbocycles. The fraction of sp³-hybridized carbons (Fsp3) is 0.900. The van der Waals surface area contributed by atoms with Crippen LogP contribution in [0.2, 0.25) is 0 Å². The first-order valence-electron chi connectivity index (χ1n) is 5.42. The fourth-order valence-corrected chi connectivity index (χ4v) is 1.41. The van der Waals surface area contributed by atoms with Gasteiger partial charge < -0.3 is 20.9 Å². The normalized spacial score (nSPS) is 17.5. The average molecular weight is 216 g/mol. The quantitative estimate of drug-likeness (QED) is 0.466. The number of carbonyl (C=O) groups is 1. The van der Waals surface area contributed by atoms with Crippen LogP contribution in [0.3, 0.4) is 0 Å². The second-order valence-electron chi connectivity index (χ2n) is 3.93. The van der Waals surface area contributed by atoms with Gasteiger partial charge in [-0.05, 0) is 19.3 Å². The summed E-state index contributed by atoms with van der Waals surface area (Å²) in [5.74, 6) is 0.0761. The average Bonchev–Trinajstić information content (AvgIpc) is 3.03. The summed E-state index contributed by atoms with van der Waals surface area (Å²) in [6.07, 6.45) is 2.60. The number of aliphatic hydroxyl groups is 1. The Labute approximate surface area is 90.0 Å². The standard InChI is InChI=1S/C10H20N2O3/c11-8-10(2-3-10)9(14)12-4-1-6-15-7-5-13/h13H,1-8,11H2,(H,12,14). The number of hydrogen-bond acceptors (Lipinski definition) is 4. The SMILES string of the molecule is NCC1(C(=O)NCCCOCCO)CC1. The van der Waals surface area contributed by atoms with Crippen molar-refractivity contribution in [2.45, 2.75) is 19.3 Å². The van der Waals surface area contributed by atoms with Gasteiger partial charge in [-0.25, -0.2) is 0 Å². The fourth-order valence-electron chi connectivity index (χ4n) is 1.41. The molecule has 1 rings (SSSR count). The van der Waals surface area contributed by atoms with E-state index in [0.29, 0.717) is 26.3 Å². The summed E-state index contributed by atoms with van der Waals surface area (Å²) in [6, 6.07) is 0. The highest BCUT2D eigenvalue weighted by molar-refractivity contribution is 5.85. The van der Waals surface area contributed by atoms with Gasteiger partial charge in [0.2, 0.25) is 5.91 Å². The number of hydrogen-bond donors (Lipinski definition) is 3. The summed E-state index contributed by atoms with van der Waals surface area (Å²) in [5.41, 5.74) is 5.27. The van der Waals surface area contributed by atoms with Crippen molar-refractivity contribution in [3.63, 3.8) is 0 Å². The molecule has 1 saturated carbocycles. The number of rotatable bonds is 8. The van der Waals surface area contributed by atoms with Crippen LogP contribution in [0.25, 0.3) is 0 Å². The predicted molar refractivity (Wildman–Crippen MR) is 56.3 cm³/mol. The Morgan fingerprint density at radius 3 is 2.73 bits per heavy atom. The van der Waals surface area contributed by atoms with E-state index in [4.69, 9.17) is 15.6 Å². The highest BCUT2D eigenvalue weighted by Crippen LogP contribution is 2.44.